The van der Waals surface area contributed by atoms with Gasteiger partial charge in [-0.25, -0.2) is 10.1 Å². The predicted octanol–water partition coefficient (Wildman–Crippen LogP) is 1.30. The Balaban J connectivity index is 1.46. The van der Waals surface area contributed by atoms with Gasteiger partial charge in [-0.2, -0.15) is 9.78 Å². The van der Waals surface area contributed by atoms with Crippen LogP contribution in [0.2, 0.25) is 0 Å². The molecular weight excluding hydrogens is 450 g/mol. The van der Waals surface area contributed by atoms with E-state index in [0.29, 0.717) is 22.6 Å². The topological polar surface area (TPSA) is 199 Å². The maximum Gasteiger partial charge on any atom is 0.294 e. The highest BCUT2D eigenvalue weighted by Gasteiger charge is 2.25. The molecule has 15 nitrogen and oxygen atoms in total. The largest absolute Gasteiger partial charge is 0.454 e. The van der Waals surface area contributed by atoms with Gasteiger partial charge in [-0.3, -0.25) is 14.9 Å². The van der Waals surface area contributed by atoms with Crippen molar-refractivity contribution in [2.45, 2.75) is 0 Å². The van der Waals surface area contributed by atoms with E-state index >= 15 is 0 Å². The lowest BCUT2D eigenvalue weighted by atomic mass is 10.1. The maximum absolute atomic E-state index is 12.9. The SMILES string of the molecule is Nc1nonc1-n1nnc(C(=O)NN=Cc2ccc3c(c2)OCO3)c1-c1ccc([N+](=O)[O-])cc1. The van der Waals surface area contributed by atoms with Crippen LogP contribution in [0.5, 0.6) is 11.5 Å². The summed E-state index contributed by atoms with van der Waals surface area (Å²) in [6.45, 7) is 0.138. The zero-order valence-corrected chi connectivity index (χ0v) is 17.0. The number of rotatable bonds is 6. The highest BCUT2D eigenvalue weighted by molar-refractivity contribution is 5.99. The van der Waals surface area contributed by atoms with Crippen molar-refractivity contribution in [2.24, 2.45) is 5.10 Å². The molecule has 5 rings (SSSR count). The van der Waals surface area contributed by atoms with E-state index in [0.717, 1.165) is 4.68 Å². The number of hydrogen-bond acceptors (Lipinski definition) is 12. The summed E-state index contributed by atoms with van der Waals surface area (Å²) >= 11 is 0. The number of nitrogen functional groups attached to an aromatic ring is 1. The number of benzene rings is 2. The summed E-state index contributed by atoms with van der Waals surface area (Å²) < 4.78 is 16.3. The van der Waals surface area contributed by atoms with E-state index < -0.39 is 10.8 Å². The third-order valence-corrected chi connectivity index (χ3v) is 4.71. The normalized spacial score (nSPS) is 12.2. The molecule has 0 fully saturated rings. The van der Waals surface area contributed by atoms with E-state index in [-0.39, 0.29) is 35.5 Å². The number of hydrogen-bond donors (Lipinski definition) is 2. The third kappa shape index (κ3) is 3.72. The monoisotopic (exact) mass is 463 g/mol. The van der Waals surface area contributed by atoms with Gasteiger partial charge in [-0.05, 0) is 46.2 Å². The first-order chi connectivity index (χ1) is 16.5. The molecule has 15 heteroatoms. The van der Waals surface area contributed by atoms with Crippen molar-refractivity contribution in [3.63, 3.8) is 0 Å². The molecule has 3 heterocycles. The summed E-state index contributed by atoms with van der Waals surface area (Å²) in [7, 11) is 0. The number of non-ortho nitro benzene ring substituents is 1. The molecule has 0 saturated heterocycles. The number of nitrogens with two attached hydrogens (primary N) is 1. The van der Waals surface area contributed by atoms with Gasteiger partial charge >= 0.3 is 0 Å². The number of carbonyl (C=O) groups excluding carboxylic acids is 1. The molecule has 0 radical (unpaired) electrons. The van der Waals surface area contributed by atoms with Crippen LogP contribution in [0, 0.1) is 10.1 Å². The molecule has 0 atom stereocenters. The fourth-order valence-electron chi connectivity index (χ4n) is 3.13. The van der Waals surface area contributed by atoms with Gasteiger partial charge in [0.05, 0.1) is 11.1 Å². The molecule has 1 aliphatic heterocycles. The molecule has 34 heavy (non-hydrogen) atoms. The second kappa shape index (κ2) is 8.30. The van der Waals surface area contributed by atoms with Gasteiger partial charge in [-0.1, -0.05) is 5.21 Å². The number of nitro groups is 1. The Morgan fingerprint density at radius 1 is 1.18 bits per heavy atom. The summed E-state index contributed by atoms with van der Waals surface area (Å²) in [5.41, 5.74) is 9.04. The van der Waals surface area contributed by atoms with Gasteiger partial charge in [0.2, 0.25) is 18.4 Å². The van der Waals surface area contributed by atoms with Crippen LogP contribution in [0.3, 0.4) is 0 Å². The van der Waals surface area contributed by atoms with Gasteiger partial charge in [-0.15, -0.1) is 5.10 Å². The van der Waals surface area contributed by atoms with E-state index in [1.54, 1.807) is 18.2 Å². The number of ether oxygens (including phenoxy) is 2. The smallest absolute Gasteiger partial charge is 0.294 e. The molecule has 4 aromatic rings. The molecular formula is C19H13N9O6. The number of aromatic nitrogens is 5. The number of amides is 1. The Morgan fingerprint density at radius 3 is 2.71 bits per heavy atom. The molecule has 0 unspecified atom stereocenters. The van der Waals surface area contributed by atoms with Crippen molar-refractivity contribution >= 4 is 23.6 Å². The molecule has 1 aliphatic rings. The summed E-state index contributed by atoms with van der Waals surface area (Å²) in [6.07, 6.45) is 1.41. The average Bonchev–Trinajstić information content (AvgIpc) is 3.57. The van der Waals surface area contributed by atoms with Gasteiger partial charge < -0.3 is 15.2 Å². The van der Waals surface area contributed by atoms with Crippen molar-refractivity contribution in [2.75, 3.05) is 12.5 Å². The number of carbonyl (C=O) groups is 1. The van der Waals surface area contributed by atoms with Gasteiger partial charge in [0.1, 0.15) is 5.69 Å². The fraction of sp³-hybridized carbons (Fsp3) is 0.0526. The number of hydrazone groups is 1. The van der Waals surface area contributed by atoms with Crippen LogP contribution < -0.4 is 20.6 Å². The van der Waals surface area contributed by atoms with Crippen molar-refractivity contribution in [3.8, 4) is 28.6 Å². The first-order valence-corrected chi connectivity index (χ1v) is 9.53. The number of nitrogens with zero attached hydrogens (tertiary/aromatic N) is 7. The lowest BCUT2D eigenvalue weighted by Crippen LogP contribution is -2.19. The first-order valence-electron chi connectivity index (χ1n) is 9.53. The number of nitro benzene ring substituents is 1. The Morgan fingerprint density at radius 2 is 1.97 bits per heavy atom. The highest BCUT2D eigenvalue weighted by atomic mass is 16.7. The summed E-state index contributed by atoms with van der Waals surface area (Å²) in [4.78, 5) is 23.3. The molecule has 1 amide bonds. The number of fused-ring (bicyclic) bond motifs is 1. The Bertz CT molecular complexity index is 1430. The van der Waals surface area contributed by atoms with Crippen molar-refractivity contribution < 1.29 is 23.8 Å². The lowest BCUT2D eigenvalue weighted by Gasteiger charge is -2.05. The van der Waals surface area contributed by atoms with Crippen LogP contribution in [0.25, 0.3) is 17.1 Å². The van der Waals surface area contributed by atoms with Crippen molar-refractivity contribution in [1.82, 2.24) is 30.7 Å². The highest BCUT2D eigenvalue weighted by Crippen LogP contribution is 2.32. The van der Waals surface area contributed by atoms with Crippen molar-refractivity contribution in [1.29, 1.82) is 0 Å². The minimum Gasteiger partial charge on any atom is -0.454 e. The standard InChI is InChI=1S/C19H13N9O6/c20-17-18(25-34-24-17)27-16(11-2-4-12(5-3-11)28(30)31)15(22-26-27)19(29)23-21-8-10-1-6-13-14(7-10)33-9-32-13/h1-8H,9H2,(H2,20,24)(H,23,29). The molecule has 0 aliphatic carbocycles. The first kappa shape index (κ1) is 20.6. The van der Waals surface area contributed by atoms with Crippen molar-refractivity contribution in [3.05, 3.63) is 63.8 Å². The lowest BCUT2D eigenvalue weighted by molar-refractivity contribution is -0.384. The summed E-state index contributed by atoms with van der Waals surface area (Å²) in [5, 5.41) is 30.0. The van der Waals surface area contributed by atoms with E-state index in [9.17, 15) is 14.9 Å². The molecule has 2 aromatic carbocycles. The van der Waals surface area contributed by atoms with Crippen LogP contribution in [-0.2, 0) is 0 Å². The van der Waals surface area contributed by atoms with Crippen LogP contribution >= 0.6 is 0 Å². The quantitative estimate of drug-likeness (QED) is 0.237. The van der Waals surface area contributed by atoms with Gasteiger partial charge in [0.25, 0.3) is 11.6 Å². The zero-order valence-electron chi connectivity index (χ0n) is 17.0. The van der Waals surface area contributed by atoms with Crippen LogP contribution in [-0.4, -0.2) is 49.1 Å². The second-order valence-corrected chi connectivity index (χ2v) is 6.79. The minimum atomic E-state index is -0.702. The number of nitrogens with one attached hydrogen (secondary N) is 1. The maximum atomic E-state index is 12.9. The van der Waals surface area contributed by atoms with Crippen LogP contribution in [0.1, 0.15) is 16.1 Å². The minimum absolute atomic E-state index is 0.0104. The fourth-order valence-corrected chi connectivity index (χ4v) is 3.13. The van der Waals surface area contributed by atoms with E-state index in [4.69, 9.17) is 15.2 Å². The summed E-state index contributed by atoms with van der Waals surface area (Å²) in [5.74, 6) is 0.376. The Kier molecular flexibility index (Phi) is 5.02. The van der Waals surface area contributed by atoms with Crippen LogP contribution in [0.15, 0.2) is 52.2 Å². The Labute approximate surface area is 188 Å². The zero-order chi connectivity index (χ0) is 23.7. The Hall–Kier alpha value is -5.34. The second-order valence-electron chi connectivity index (χ2n) is 6.79. The molecule has 2 aromatic heterocycles. The van der Waals surface area contributed by atoms with E-state index in [1.807, 2.05) is 0 Å². The average molecular weight is 463 g/mol. The van der Waals surface area contributed by atoms with Gasteiger partial charge in [0.15, 0.2) is 17.2 Å². The number of anilines is 1. The molecule has 0 spiro atoms. The van der Waals surface area contributed by atoms with Gasteiger partial charge in [0, 0.05) is 17.7 Å². The molecule has 3 N–H and O–H groups in total. The van der Waals surface area contributed by atoms with E-state index in [1.165, 1.54) is 30.5 Å². The summed E-state index contributed by atoms with van der Waals surface area (Å²) in [6, 6.07) is 10.6. The molecule has 170 valence electrons. The van der Waals surface area contributed by atoms with Crippen LogP contribution in [0.4, 0.5) is 11.5 Å². The molecule has 0 saturated carbocycles. The predicted molar refractivity (Wildman–Crippen MR) is 113 cm³/mol. The van der Waals surface area contributed by atoms with E-state index in [2.05, 4.69) is 35.8 Å². The molecule has 0 bridgehead atoms. The third-order valence-electron chi connectivity index (χ3n) is 4.71.